The first kappa shape index (κ1) is 8.24. The van der Waals surface area contributed by atoms with Crippen molar-refractivity contribution in [3.63, 3.8) is 0 Å². The van der Waals surface area contributed by atoms with Gasteiger partial charge in [0.15, 0.2) is 0 Å². The van der Waals surface area contributed by atoms with Crippen LogP contribution in [0.2, 0.25) is 12.6 Å². The van der Waals surface area contributed by atoms with Gasteiger partial charge in [-0.1, -0.05) is 6.92 Å². The number of hydrogen-bond donors (Lipinski definition) is 0. The molecule has 2 atom stereocenters. The maximum atomic E-state index is 5.55. The zero-order valence-electron chi connectivity index (χ0n) is 7.35. The average molecular weight is 159 g/mol. The maximum Gasteiger partial charge on any atom is 0.267 e. The van der Waals surface area contributed by atoms with Gasteiger partial charge in [0.05, 0.1) is 0 Å². The molecule has 0 aromatic rings. The van der Waals surface area contributed by atoms with E-state index in [4.69, 9.17) is 4.43 Å². The lowest BCUT2D eigenvalue weighted by molar-refractivity contribution is 0.339. The van der Waals surface area contributed by atoms with Crippen LogP contribution in [0.3, 0.4) is 0 Å². The van der Waals surface area contributed by atoms with Crippen LogP contribution in [0.25, 0.3) is 0 Å². The van der Waals surface area contributed by atoms with Gasteiger partial charge in [0.1, 0.15) is 0 Å². The van der Waals surface area contributed by atoms with Crippen LogP contribution < -0.4 is 0 Å². The Morgan fingerprint density at radius 3 is 2.40 bits per heavy atom. The topological polar surface area (TPSA) is 12.5 Å². The van der Waals surface area contributed by atoms with Gasteiger partial charge in [-0.25, -0.2) is 0 Å². The van der Waals surface area contributed by atoms with E-state index in [-0.39, 0.29) is 0 Å². The van der Waals surface area contributed by atoms with Crippen molar-refractivity contribution in [1.29, 1.82) is 0 Å². The minimum absolute atomic E-state index is 0.835. The van der Waals surface area contributed by atoms with Crippen molar-refractivity contribution >= 4 is 8.48 Å². The highest BCUT2D eigenvalue weighted by Crippen LogP contribution is 2.28. The summed E-state index contributed by atoms with van der Waals surface area (Å²) in [7, 11) is 2.63. The maximum absolute atomic E-state index is 5.55. The third-order valence-corrected chi connectivity index (χ3v) is 6.69. The Hall–Kier alpha value is 0.137. The molecule has 0 radical (unpaired) electrons. The van der Waals surface area contributed by atoms with E-state index in [2.05, 4.69) is 25.1 Å². The standard InChI is InChI=1S/C7H17NOSi/c1-7-5-8(2)10(4,6-7)9-3/h7H,5-6H2,1-4H3. The van der Waals surface area contributed by atoms with Gasteiger partial charge in [-0.2, -0.15) is 0 Å². The fourth-order valence-electron chi connectivity index (χ4n) is 1.77. The summed E-state index contributed by atoms with van der Waals surface area (Å²) >= 11 is 0. The summed E-state index contributed by atoms with van der Waals surface area (Å²) in [5, 5.41) is 0. The lowest BCUT2D eigenvalue weighted by Crippen LogP contribution is -2.45. The van der Waals surface area contributed by atoms with Gasteiger partial charge >= 0.3 is 0 Å². The molecule has 1 heterocycles. The van der Waals surface area contributed by atoms with Crippen LogP contribution in [0.4, 0.5) is 0 Å². The summed E-state index contributed by atoms with van der Waals surface area (Å²) in [6.45, 7) is 5.81. The molecule has 0 amide bonds. The molecule has 0 aromatic carbocycles. The molecule has 3 heteroatoms. The number of hydrogen-bond acceptors (Lipinski definition) is 2. The largest absolute Gasteiger partial charge is 0.406 e. The Balaban J connectivity index is 2.61. The minimum atomic E-state index is -1.39. The highest BCUT2D eigenvalue weighted by molar-refractivity contribution is 6.70. The Labute approximate surface area is 64.4 Å². The lowest BCUT2D eigenvalue weighted by Gasteiger charge is -2.26. The van der Waals surface area contributed by atoms with E-state index in [1.165, 1.54) is 12.6 Å². The predicted molar refractivity (Wildman–Crippen MR) is 45.2 cm³/mol. The van der Waals surface area contributed by atoms with Crippen molar-refractivity contribution in [3.05, 3.63) is 0 Å². The van der Waals surface area contributed by atoms with Crippen LogP contribution in [-0.2, 0) is 4.43 Å². The second-order valence-corrected chi connectivity index (χ2v) is 7.50. The second-order valence-electron chi connectivity index (χ2n) is 3.57. The fourth-order valence-corrected chi connectivity index (χ4v) is 4.68. The molecule has 0 aliphatic carbocycles. The van der Waals surface area contributed by atoms with Gasteiger partial charge in [0, 0.05) is 7.11 Å². The van der Waals surface area contributed by atoms with Crippen molar-refractivity contribution < 1.29 is 4.43 Å². The molecule has 2 nitrogen and oxygen atoms in total. The van der Waals surface area contributed by atoms with E-state index in [1.807, 2.05) is 7.11 Å². The van der Waals surface area contributed by atoms with Crippen LogP contribution in [0.5, 0.6) is 0 Å². The highest BCUT2D eigenvalue weighted by Gasteiger charge is 2.41. The third kappa shape index (κ3) is 1.26. The van der Waals surface area contributed by atoms with Crippen molar-refractivity contribution in [3.8, 4) is 0 Å². The van der Waals surface area contributed by atoms with Gasteiger partial charge < -0.3 is 8.99 Å². The summed E-state index contributed by atoms with van der Waals surface area (Å²) in [5.74, 6) is 0.835. The first-order chi connectivity index (χ1) is 4.58. The van der Waals surface area contributed by atoms with E-state index >= 15 is 0 Å². The van der Waals surface area contributed by atoms with Gasteiger partial charge in [0.2, 0.25) is 0 Å². The summed E-state index contributed by atoms with van der Waals surface area (Å²) in [6, 6.07) is 1.29. The summed E-state index contributed by atoms with van der Waals surface area (Å²) in [4.78, 5) is 0. The number of nitrogens with zero attached hydrogens (tertiary/aromatic N) is 1. The number of rotatable bonds is 1. The van der Waals surface area contributed by atoms with Crippen molar-refractivity contribution in [1.82, 2.24) is 4.57 Å². The first-order valence-corrected chi connectivity index (χ1v) is 6.41. The molecule has 1 saturated heterocycles. The molecule has 0 saturated carbocycles. The van der Waals surface area contributed by atoms with Crippen molar-refractivity contribution in [2.45, 2.75) is 19.5 Å². The Bertz CT molecular complexity index is 131. The Morgan fingerprint density at radius 2 is 2.20 bits per heavy atom. The van der Waals surface area contributed by atoms with Gasteiger partial charge in [0.25, 0.3) is 8.48 Å². The van der Waals surface area contributed by atoms with E-state index in [1.54, 1.807) is 0 Å². The average Bonchev–Trinajstić information content (AvgIpc) is 2.09. The molecule has 1 aliphatic heterocycles. The SMILES string of the molecule is CO[Si]1(C)CC(C)CN1C. The van der Waals surface area contributed by atoms with Gasteiger partial charge in [-0.15, -0.1) is 0 Å². The molecule has 0 N–H and O–H groups in total. The highest BCUT2D eigenvalue weighted by atomic mass is 28.4. The van der Waals surface area contributed by atoms with Crippen molar-refractivity contribution in [2.24, 2.45) is 5.92 Å². The normalized spacial score (nSPS) is 42.6. The van der Waals surface area contributed by atoms with Crippen LogP contribution >= 0.6 is 0 Å². The zero-order chi connectivity index (χ0) is 7.78. The smallest absolute Gasteiger partial charge is 0.267 e. The van der Waals surface area contributed by atoms with E-state index in [9.17, 15) is 0 Å². The molecule has 1 aliphatic rings. The quantitative estimate of drug-likeness (QED) is 0.535. The fraction of sp³-hybridized carbons (Fsp3) is 1.00. The molecule has 2 unspecified atom stereocenters. The zero-order valence-corrected chi connectivity index (χ0v) is 8.35. The molecule has 0 bridgehead atoms. The lowest BCUT2D eigenvalue weighted by atomic mass is 10.2. The summed E-state index contributed by atoms with van der Waals surface area (Å²) < 4.78 is 7.96. The first-order valence-electron chi connectivity index (χ1n) is 3.85. The van der Waals surface area contributed by atoms with Crippen LogP contribution in [-0.4, -0.2) is 33.7 Å². The minimum Gasteiger partial charge on any atom is -0.406 e. The third-order valence-electron chi connectivity index (χ3n) is 2.56. The molecule has 0 aromatic heterocycles. The summed E-state index contributed by atoms with van der Waals surface area (Å²) in [5.41, 5.74) is 0. The second kappa shape index (κ2) is 2.64. The van der Waals surface area contributed by atoms with Gasteiger partial charge in [-0.05, 0) is 32.1 Å². The molecular formula is C7H17NOSi. The molecule has 10 heavy (non-hydrogen) atoms. The Morgan fingerprint density at radius 1 is 1.60 bits per heavy atom. The molecule has 1 rings (SSSR count). The van der Waals surface area contributed by atoms with Gasteiger partial charge in [-0.3, -0.25) is 0 Å². The van der Waals surface area contributed by atoms with Crippen LogP contribution in [0.1, 0.15) is 6.92 Å². The monoisotopic (exact) mass is 159 g/mol. The molecule has 60 valence electrons. The van der Waals surface area contributed by atoms with Crippen LogP contribution in [0.15, 0.2) is 0 Å². The summed E-state index contributed by atoms with van der Waals surface area (Å²) in [6.07, 6.45) is 0. The van der Waals surface area contributed by atoms with E-state index in [0.717, 1.165) is 5.92 Å². The van der Waals surface area contributed by atoms with E-state index < -0.39 is 8.48 Å². The molecular weight excluding hydrogens is 142 g/mol. The molecule has 0 spiro atoms. The molecule has 1 fully saturated rings. The predicted octanol–water partition coefficient (Wildman–Crippen LogP) is 1.29. The van der Waals surface area contributed by atoms with Crippen LogP contribution in [0, 0.1) is 5.92 Å². The van der Waals surface area contributed by atoms with E-state index in [0.29, 0.717) is 0 Å². The Kier molecular flexibility index (Phi) is 2.17. The van der Waals surface area contributed by atoms with Crippen molar-refractivity contribution in [2.75, 3.05) is 20.7 Å².